The van der Waals surface area contributed by atoms with Crippen LogP contribution in [0.3, 0.4) is 0 Å². The van der Waals surface area contributed by atoms with Gasteiger partial charge in [-0.05, 0) is 43.8 Å². The highest BCUT2D eigenvalue weighted by atomic mass is 19.1. The van der Waals surface area contributed by atoms with Crippen LogP contribution in [0.5, 0.6) is 11.5 Å². The van der Waals surface area contributed by atoms with Crippen molar-refractivity contribution in [2.75, 3.05) is 7.05 Å². The average Bonchev–Trinajstić information content (AvgIpc) is 2.34. The molecule has 18 heavy (non-hydrogen) atoms. The standard InChI is InChI=1S/C15H16FNO/c1-11-5-3-6-12(9-11)18-15-8-4-7-14(16)13(15)10-17-2/h3-9,17H,10H2,1-2H3. The van der Waals surface area contributed by atoms with Crippen LogP contribution >= 0.6 is 0 Å². The van der Waals surface area contributed by atoms with E-state index in [2.05, 4.69) is 5.32 Å². The zero-order valence-electron chi connectivity index (χ0n) is 10.5. The number of benzene rings is 2. The molecule has 0 saturated heterocycles. The lowest BCUT2D eigenvalue weighted by atomic mass is 10.2. The molecule has 0 spiro atoms. The van der Waals surface area contributed by atoms with Gasteiger partial charge in [-0.3, -0.25) is 0 Å². The summed E-state index contributed by atoms with van der Waals surface area (Å²) in [4.78, 5) is 0. The number of ether oxygens (including phenoxy) is 1. The Bertz CT molecular complexity index is 540. The van der Waals surface area contributed by atoms with E-state index in [1.54, 1.807) is 19.2 Å². The number of aryl methyl sites for hydroxylation is 1. The van der Waals surface area contributed by atoms with Crippen LogP contribution < -0.4 is 10.1 Å². The van der Waals surface area contributed by atoms with Gasteiger partial charge >= 0.3 is 0 Å². The largest absolute Gasteiger partial charge is 0.457 e. The molecule has 0 aliphatic heterocycles. The van der Waals surface area contributed by atoms with Crippen LogP contribution in [0.15, 0.2) is 42.5 Å². The monoisotopic (exact) mass is 245 g/mol. The third-order valence-electron chi connectivity index (χ3n) is 2.65. The number of rotatable bonds is 4. The molecule has 0 fully saturated rings. The zero-order chi connectivity index (χ0) is 13.0. The van der Waals surface area contributed by atoms with Gasteiger partial charge in [0.2, 0.25) is 0 Å². The number of hydrogen-bond donors (Lipinski definition) is 1. The maximum absolute atomic E-state index is 13.7. The second-order valence-corrected chi connectivity index (χ2v) is 4.17. The topological polar surface area (TPSA) is 21.3 Å². The Morgan fingerprint density at radius 2 is 1.94 bits per heavy atom. The van der Waals surface area contributed by atoms with E-state index in [0.29, 0.717) is 17.9 Å². The van der Waals surface area contributed by atoms with Gasteiger partial charge in [-0.1, -0.05) is 18.2 Å². The average molecular weight is 245 g/mol. The molecule has 0 radical (unpaired) electrons. The summed E-state index contributed by atoms with van der Waals surface area (Å²) in [5.41, 5.74) is 1.65. The Morgan fingerprint density at radius 1 is 1.17 bits per heavy atom. The lowest BCUT2D eigenvalue weighted by molar-refractivity contribution is 0.464. The summed E-state index contributed by atoms with van der Waals surface area (Å²) in [6.07, 6.45) is 0. The quantitative estimate of drug-likeness (QED) is 0.887. The summed E-state index contributed by atoms with van der Waals surface area (Å²) in [6, 6.07) is 12.6. The van der Waals surface area contributed by atoms with E-state index in [1.807, 2.05) is 31.2 Å². The van der Waals surface area contributed by atoms with E-state index >= 15 is 0 Å². The molecule has 0 unspecified atom stereocenters. The summed E-state index contributed by atoms with van der Waals surface area (Å²) < 4.78 is 19.4. The summed E-state index contributed by atoms with van der Waals surface area (Å²) in [6.45, 7) is 2.43. The molecule has 0 saturated carbocycles. The van der Waals surface area contributed by atoms with Crippen LogP contribution in [-0.4, -0.2) is 7.05 Å². The highest BCUT2D eigenvalue weighted by Gasteiger charge is 2.09. The van der Waals surface area contributed by atoms with Gasteiger partial charge in [0, 0.05) is 12.1 Å². The first kappa shape index (κ1) is 12.6. The van der Waals surface area contributed by atoms with Gasteiger partial charge in [-0.2, -0.15) is 0 Å². The van der Waals surface area contributed by atoms with Gasteiger partial charge in [0.1, 0.15) is 17.3 Å². The number of hydrogen-bond acceptors (Lipinski definition) is 2. The first-order valence-electron chi connectivity index (χ1n) is 5.87. The summed E-state index contributed by atoms with van der Waals surface area (Å²) >= 11 is 0. The predicted molar refractivity (Wildman–Crippen MR) is 70.4 cm³/mol. The molecule has 0 aromatic heterocycles. The van der Waals surface area contributed by atoms with Crippen LogP contribution in [0.1, 0.15) is 11.1 Å². The third kappa shape index (κ3) is 2.87. The minimum atomic E-state index is -0.255. The smallest absolute Gasteiger partial charge is 0.134 e. The van der Waals surface area contributed by atoms with Crippen molar-refractivity contribution in [2.45, 2.75) is 13.5 Å². The molecule has 0 atom stereocenters. The normalized spacial score (nSPS) is 10.4. The van der Waals surface area contributed by atoms with E-state index in [1.165, 1.54) is 6.07 Å². The third-order valence-corrected chi connectivity index (χ3v) is 2.65. The maximum Gasteiger partial charge on any atom is 0.134 e. The predicted octanol–water partition coefficient (Wildman–Crippen LogP) is 3.65. The molecular formula is C15H16FNO. The van der Waals surface area contributed by atoms with E-state index in [-0.39, 0.29) is 5.82 Å². The SMILES string of the molecule is CNCc1c(F)cccc1Oc1cccc(C)c1. The molecule has 3 heteroatoms. The van der Waals surface area contributed by atoms with Crippen LogP contribution in [-0.2, 0) is 6.54 Å². The maximum atomic E-state index is 13.7. The van der Waals surface area contributed by atoms with Gasteiger partial charge in [-0.15, -0.1) is 0 Å². The van der Waals surface area contributed by atoms with Crippen LogP contribution in [0.4, 0.5) is 4.39 Å². The van der Waals surface area contributed by atoms with E-state index in [9.17, 15) is 4.39 Å². The minimum Gasteiger partial charge on any atom is -0.457 e. The van der Waals surface area contributed by atoms with Gasteiger partial charge < -0.3 is 10.1 Å². The summed E-state index contributed by atoms with van der Waals surface area (Å²) in [5.74, 6) is 1.02. The molecule has 0 bridgehead atoms. The van der Waals surface area contributed by atoms with Crippen molar-refractivity contribution >= 4 is 0 Å². The molecule has 2 rings (SSSR count). The summed E-state index contributed by atoms with van der Waals surface area (Å²) in [7, 11) is 1.78. The van der Waals surface area contributed by atoms with Crippen LogP contribution in [0, 0.1) is 12.7 Å². The van der Waals surface area contributed by atoms with Gasteiger partial charge in [0.25, 0.3) is 0 Å². The number of nitrogens with one attached hydrogen (secondary N) is 1. The van der Waals surface area contributed by atoms with Crippen molar-refractivity contribution in [3.05, 3.63) is 59.4 Å². The minimum absolute atomic E-state index is 0.255. The lowest BCUT2D eigenvalue weighted by Gasteiger charge is -2.12. The number of halogens is 1. The Hall–Kier alpha value is -1.87. The fraction of sp³-hybridized carbons (Fsp3) is 0.200. The Kier molecular flexibility index (Phi) is 3.95. The molecule has 0 aliphatic rings. The van der Waals surface area contributed by atoms with E-state index < -0.39 is 0 Å². The summed E-state index contributed by atoms with van der Waals surface area (Å²) in [5, 5.41) is 2.94. The Labute approximate surface area is 106 Å². The molecule has 0 aliphatic carbocycles. The Morgan fingerprint density at radius 3 is 2.67 bits per heavy atom. The van der Waals surface area contributed by atoms with Gasteiger partial charge in [0.05, 0.1) is 0 Å². The molecule has 0 heterocycles. The fourth-order valence-electron chi connectivity index (χ4n) is 1.79. The van der Waals surface area contributed by atoms with E-state index in [0.717, 1.165) is 11.3 Å². The highest BCUT2D eigenvalue weighted by Crippen LogP contribution is 2.27. The second kappa shape index (κ2) is 5.65. The zero-order valence-corrected chi connectivity index (χ0v) is 10.5. The molecule has 2 nitrogen and oxygen atoms in total. The van der Waals surface area contributed by atoms with Crippen molar-refractivity contribution in [3.8, 4) is 11.5 Å². The van der Waals surface area contributed by atoms with Crippen molar-refractivity contribution in [1.29, 1.82) is 0 Å². The molecule has 94 valence electrons. The van der Waals surface area contributed by atoms with Crippen molar-refractivity contribution in [2.24, 2.45) is 0 Å². The molecule has 0 amide bonds. The first-order valence-corrected chi connectivity index (χ1v) is 5.87. The second-order valence-electron chi connectivity index (χ2n) is 4.17. The first-order chi connectivity index (χ1) is 8.70. The van der Waals surface area contributed by atoms with Crippen LogP contribution in [0.25, 0.3) is 0 Å². The van der Waals surface area contributed by atoms with Crippen molar-refractivity contribution in [3.63, 3.8) is 0 Å². The highest BCUT2D eigenvalue weighted by molar-refractivity contribution is 5.39. The fourth-order valence-corrected chi connectivity index (χ4v) is 1.79. The van der Waals surface area contributed by atoms with Gasteiger partial charge in [0.15, 0.2) is 0 Å². The molecule has 2 aromatic carbocycles. The van der Waals surface area contributed by atoms with Crippen molar-refractivity contribution < 1.29 is 9.13 Å². The van der Waals surface area contributed by atoms with Crippen molar-refractivity contribution in [1.82, 2.24) is 5.32 Å². The Balaban J connectivity index is 2.31. The lowest BCUT2D eigenvalue weighted by Crippen LogP contribution is -2.08. The van der Waals surface area contributed by atoms with Crippen LogP contribution in [0.2, 0.25) is 0 Å². The molecular weight excluding hydrogens is 229 g/mol. The van der Waals surface area contributed by atoms with Gasteiger partial charge in [-0.25, -0.2) is 4.39 Å². The molecule has 2 aromatic rings. The van der Waals surface area contributed by atoms with E-state index in [4.69, 9.17) is 4.74 Å². The molecule has 1 N–H and O–H groups in total.